The quantitative estimate of drug-likeness (QED) is 0.309. The van der Waals surface area contributed by atoms with Crippen LogP contribution in [0.1, 0.15) is 51.4 Å². The van der Waals surface area contributed by atoms with Crippen LogP contribution in [0.4, 0.5) is 16.0 Å². The second-order valence-corrected chi connectivity index (χ2v) is 13.9. The number of halogens is 2. The predicted octanol–water partition coefficient (Wildman–Crippen LogP) is 5.25. The molecule has 0 bridgehead atoms. The molecule has 3 aromatic rings. The highest BCUT2D eigenvalue weighted by Gasteiger charge is 2.39. The van der Waals surface area contributed by atoms with Crippen molar-refractivity contribution in [1.82, 2.24) is 14.7 Å². The standard InChI is InChI=1S/C28H33FIN5O4S/c1-16(2)15-39-20-10-18(9-19(29)11-20)25-22(30)12-21(26(33-25)35-14-17(3)13-28(35,4)5)27(36)34-40(37,38)24-8-6-7-23(31)32-24/h6-12,16-17H,13-15H2,1-5H3,(H2,31,32)(H,34,36)/t17-/m0/s1. The van der Waals surface area contributed by atoms with E-state index in [0.29, 0.717) is 45.5 Å². The third kappa shape index (κ3) is 6.65. The Morgan fingerprint density at radius 2 is 1.98 bits per heavy atom. The maximum Gasteiger partial charge on any atom is 0.281 e. The van der Waals surface area contributed by atoms with Gasteiger partial charge >= 0.3 is 0 Å². The lowest BCUT2D eigenvalue weighted by Gasteiger charge is -2.34. The number of ether oxygens (including phenoxy) is 1. The Hall–Kier alpha value is -3.00. The number of nitrogen functional groups attached to an aromatic ring is 1. The van der Waals surface area contributed by atoms with E-state index >= 15 is 0 Å². The van der Waals surface area contributed by atoms with Crippen LogP contribution in [0.25, 0.3) is 11.3 Å². The Balaban J connectivity index is 1.82. The van der Waals surface area contributed by atoms with Gasteiger partial charge in [-0.1, -0.05) is 26.8 Å². The Bertz CT molecular complexity index is 1550. The van der Waals surface area contributed by atoms with Gasteiger partial charge in [0.2, 0.25) is 0 Å². The number of anilines is 2. The molecule has 0 aliphatic carbocycles. The summed E-state index contributed by atoms with van der Waals surface area (Å²) in [6, 6.07) is 10.1. The molecule has 2 aromatic heterocycles. The highest BCUT2D eigenvalue weighted by atomic mass is 127. The van der Waals surface area contributed by atoms with E-state index in [9.17, 15) is 17.6 Å². The molecular weight excluding hydrogens is 648 g/mol. The molecule has 1 atom stereocenters. The molecule has 0 spiro atoms. The first-order valence-corrected chi connectivity index (χ1v) is 15.4. The lowest BCUT2D eigenvalue weighted by Crippen LogP contribution is -2.41. The van der Waals surface area contributed by atoms with Gasteiger partial charge < -0.3 is 15.4 Å². The van der Waals surface area contributed by atoms with E-state index in [0.717, 1.165) is 6.42 Å². The number of nitrogens with zero attached hydrogens (tertiary/aromatic N) is 3. The van der Waals surface area contributed by atoms with Gasteiger partial charge in [-0.15, -0.1) is 0 Å². The summed E-state index contributed by atoms with van der Waals surface area (Å²) in [6.45, 7) is 11.2. The van der Waals surface area contributed by atoms with Gasteiger partial charge in [0.1, 0.15) is 23.2 Å². The van der Waals surface area contributed by atoms with Crippen LogP contribution in [0.15, 0.2) is 47.5 Å². The van der Waals surface area contributed by atoms with Crippen LogP contribution in [0.2, 0.25) is 0 Å². The Morgan fingerprint density at radius 3 is 2.60 bits per heavy atom. The minimum absolute atomic E-state index is 0.0104. The molecule has 12 heteroatoms. The van der Waals surface area contributed by atoms with E-state index < -0.39 is 21.7 Å². The van der Waals surface area contributed by atoms with Gasteiger partial charge in [0.25, 0.3) is 15.9 Å². The minimum Gasteiger partial charge on any atom is -0.493 e. The first-order chi connectivity index (χ1) is 18.7. The fraction of sp³-hybridized carbons (Fsp3) is 0.393. The number of carbonyl (C=O) groups excluding carboxylic acids is 1. The third-order valence-electron chi connectivity index (χ3n) is 6.50. The average molecular weight is 682 g/mol. The van der Waals surface area contributed by atoms with Gasteiger partial charge in [0.05, 0.1) is 17.9 Å². The van der Waals surface area contributed by atoms with Gasteiger partial charge in [0.15, 0.2) is 5.03 Å². The normalized spacial score (nSPS) is 16.8. The number of pyridine rings is 2. The maximum atomic E-state index is 14.7. The lowest BCUT2D eigenvalue weighted by molar-refractivity contribution is 0.0981. The van der Waals surface area contributed by atoms with Crippen molar-refractivity contribution >= 4 is 50.2 Å². The smallest absolute Gasteiger partial charge is 0.281 e. The van der Waals surface area contributed by atoms with Crippen molar-refractivity contribution in [3.05, 3.63) is 57.4 Å². The molecule has 40 heavy (non-hydrogen) atoms. The summed E-state index contributed by atoms with van der Waals surface area (Å²) in [6.07, 6.45) is 0.843. The van der Waals surface area contributed by atoms with Gasteiger partial charge in [-0.05, 0) is 85.0 Å². The molecule has 1 saturated heterocycles. The van der Waals surface area contributed by atoms with Gasteiger partial charge in [-0.3, -0.25) is 4.79 Å². The van der Waals surface area contributed by atoms with Crippen molar-refractivity contribution in [3.63, 3.8) is 0 Å². The number of amides is 1. The Morgan fingerprint density at radius 1 is 1.25 bits per heavy atom. The van der Waals surface area contributed by atoms with Crippen LogP contribution in [-0.2, 0) is 10.0 Å². The van der Waals surface area contributed by atoms with Crippen LogP contribution in [-0.4, -0.2) is 43.0 Å². The summed E-state index contributed by atoms with van der Waals surface area (Å²) >= 11 is 2.02. The number of benzene rings is 1. The van der Waals surface area contributed by atoms with Gasteiger partial charge in [-0.25, -0.2) is 19.1 Å². The second-order valence-electron chi connectivity index (χ2n) is 11.1. The van der Waals surface area contributed by atoms with E-state index in [2.05, 4.69) is 16.6 Å². The maximum absolute atomic E-state index is 14.7. The van der Waals surface area contributed by atoms with Crippen molar-refractivity contribution in [2.24, 2.45) is 11.8 Å². The molecule has 214 valence electrons. The van der Waals surface area contributed by atoms with E-state index in [1.807, 2.05) is 55.2 Å². The molecule has 1 aliphatic heterocycles. The first-order valence-electron chi connectivity index (χ1n) is 12.9. The minimum atomic E-state index is -4.32. The average Bonchev–Trinajstić information content (AvgIpc) is 3.13. The molecule has 1 aliphatic rings. The van der Waals surface area contributed by atoms with Crippen LogP contribution < -0.4 is 20.1 Å². The number of hydrogen-bond donors (Lipinski definition) is 2. The van der Waals surface area contributed by atoms with E-state index in [1.54, 1.807) is 12.1 Å². The third-order valence-corrected chi connectivity index (χ3v) is 8.56. The van der Waals surface area contributed by atoms with Crippen LogP contribution >= 0.6 is 22.6 Å². The summed E-state index contributed by atoms with van der Waals surface area (Å²) in [7, 11) is -4.32. The predicted molar refractivity (Wildman–Crippen MR) is 161 cm³/mol. The van der Waals surface area contributed by atoms with Gasteiger partial charge in [-0.2, -0.15) is 8.42 Å². The Kier molecular flexibility index (Phi) is 8.60. The molecule has 9 nitrogen and oxygen atoms in total. The molecule has 3 N–H and O–H groups in total. The number of sulfonamides is 1. The molecular formula is C28H33FIN5O4S. The Labute approximate surface area is 247 Å². The summed E-state index contributed by atoms with van der Waals surface area (Å²) < 4.78 is 49.1. The molecule has 1 aromatic carbocycles. The fourth-order valence-corrected chi connectivity index (χ4v) is 6.55. The molecule has 1 amide bonds. The van der Waals surface area contributed by atoms with E-state index in [-0.39, 0.29) is 27.9 Å². The first kappa shape index (κ1) is 30.0. The molecule has 3 heterocycles. The SMILES string of the molecule is CC(C)COc1cc(F)cc(-c2nc(N3C[C@@H](C)CC3(C)C)c(C(=O)NS(=O)(=O)c3cccc(N)n3)cc2I)c1. The largest absolute Gasteiger partial charge is 0.493 e. The molecule has 0 radical (unpaired) electrons. The fourth-order valence-electron chi connectivity index (χ4n) is 4.87. The number of nitrogens with two attached hydrogens (primary N) is 1. The van der Waals surface area contributed by atoms with E-state index in [1.165, 1.54) is 30.3 Å². The zero-order chi connectivity index (χ0) is 29.4. The number of carbonyl (C=O) groups is 1. The van der Waals surface area contributed by atoms with Crippen LogP contribution in [0.5, 0.6) is 5.75 Å². The topological polar surface area (TPSA) is 128 Å². The molecule has 1 fully saturated rings. The van der Waals surface area contributed by atoms with Crippen LogP contribution in [0.3, 0.4) is 0 Å². The lowest BCUT2D eigenvalue weighted by atomic mass is 9.97. The highest BCUT2D eigenvalue weighted by Crippen LogP contribution is 2.40. The number of aromatic nitrogens is 2. The monoisotopic (exact) mass is 681 g/mol. The summed E-state index contributed by atoms with van der Waals surface area (Å²) in [5, 5.41) is -0.370. The molecule has 0 saturated carbocycles. The number of hydrogen-bond acceptors (Lipinski definition) is 8. The zero-order valence-electron chi connectivity index (χ0n) is 23.0. The van der Waals surface area contributed by atoms with Crippen molar-refractivity contribution < 1.29 is 22.3 Å². The summed E-state index contributed by atoms with van der Waals surface area (Å²) in [5.74, 6) is -0.0723. The van der Waals surface area contributed by atoms with Crippen molar-refractivity contribution in [1.29, 1.82) is 0 Å². The van der Waals surface area contributed by atoms with Crippen molar-refractivity contribution in [2.45, 2.75) is 51.6 Å². The summed E-state index contributed by atoms with van der Waals surface area (Å²) in [5.41, 5.74) is 6.30. The molecule has 4 rings (SSSR count). The summed E-state index contributed by atoms with van der Waals surface area (Å²) in [4.78, 5) is 24.3. The van der Waals surface area contributed by atoms with Crippen molar-refractivity contribution in [3.8, 4) is 17.0 Å². The molecule has 0 unspecified atom stereocenters. The second kappa shape index (κ2) is 11.5. The van der Waals surface area contributed by atoms with Gasteiger partial charge in [0, 0.05) is 27.3 Å². The number of nitrogens with one attached hydrogen (secondary N) is 1. The van der Waals surface area contributed by atoms with E-state index in [4.69, 9.17) is 15.5 Å². The van der Waals surface area contributed by atoms with Crippen LogP contribution in [0, 0.1) is 21.2 Å². The van der Waals surface area contributed by atoms with Crippen molar-refractivity contribution in [2.75, 3.05) is 23.8 Å². The highest BCUT2D eigenvalue weighted by molar-refractivity contribution is 14.1. The zero-order valence-corrected chi connectivity index (χ0v) is 26.0. The number of rotatable bonds is 8.